The van der Waals surface area contributed by atoms with Gasteiger partial charge in [0.15, 0.2) is 0 Å². The molecule has 2 unspecified atom stereocenters. The van der Waals surface area contributed by atoms with E-state index in [0.717, 1.165) is 25.0 Å². The zero-order valence-electron chi connectivity index (χ0n) is 10.3. The predicted octanol–water partition coefficient (Wildman–Crippen LogP) is 2.04. The van der Waals surface area contributed by atoms with Crippen LogP contribution in [-0.4, -0.2) is 25.6 Å². The van der Waals surface area contributed by atoms with E-state index in [1.807, 2.05) is 5.38 Å². The minimum Gasteiger partial charge on any atom is -0.496 e. The van der Waals surface area contributed by atoms with Crippen molar-refractivity contribution in [1.82, 2.24) is 5.32 Å². The summed E-state index contributed by atoms with van der Waals surface area (Å²) in [6, 6.07) is 2.01. The van der Waals surface area contributed by atoms with Crippen LogP contribution >= 0.6 is 23.7 Å². The monoisotopic (exact) mass is 290 g/mol. The van der Waals surface area contributed by atoms with Gasteiger partial charge in [0.2, 0.25) is 0 Å². The van der Waals surface area contributed by atoms with E-state index in [-0.39, 0.29) is 24.4 Å². The van der Waals surface area contributed by atoms with Gasteiger partial charge in [-0.2, -0.15) is 0 Å². The number of ether oxygens (including phenoxy) is 1. The first-order valence-corrected chi connectivity index (χ1v) is 6.76. The number of nitrogens with one attached hydrogen (secondary N) is 1. The zero-order chi connectivity index (χ0) is 12.3. The van der Waals surface area contributed by atoms with Crippen LogP contribution in [0.25, 0.3) is 0 Å². The molecule has 1 aliphatic carbocycles. The van der Waals surface area contributed by atoms with Crippen molar-refractivity contribution in [2.24, 2.45) is 11.7 Å². The van der Waals surface area contributed by atoms with Gasteiger partial charge in [-0.05, 0) is 25.3 Å². The molecule has 2 rings (SSSR count). The Bertz CT molecular complexity index is 397. The van der Waals surface area contributed by atoms with Gasteiger partial charge in [0.1, 0.15) is 5.75 Å². The molecule has 2 atom stereocenters. The summed E-state index contributed by atoms with van der Waals surface area (Å²) in [5.74, 6) is 1.16. The molecule has 1 saturated carbocycles. The highest BCUT2D eigenvalue weighted by Crippen LogP contribution is 2.26. The number of hydrogen-bond donors (Lipinski definition) is 2. The van der Waals surface area contributed by atoms with Crippen molar-refractivity contribution < 1.29 is 9.53 Å². The Morgan fingerprint density at radius 1 is 1.61 bits per heavy atom. The van der Waals surface area contributed by atoms with Crippen molar-refractivity contribution in [2.75, 3.05) is 13.7 Å². The first kappa shape index (κ1) is 15.3. The molecule has 1 aliphatic rings. The van der Waals surface area contributed by atoms with Gasteiger partial charge >= 0.3 is 0 Å². The lowest BCUT2D eigenvalue weighted by molar-refractivity contribution is 0.0932. The summed E-state index contributed by atoms with van der Waals surface area (Å²) in [5.41, 5.74) is 5.70. The lowest BCUT2D eigenvalue weighted by Crippen LogP contribution is -2.39. The summed E-state index contributed by atoms with van der Waals surface area (Å²) in [6.45, 7) is 0.651. The fourth-order valence-corrected chi connectivity index (χ4v) is 3.05. The Kier molecular flexibility index (Phi) is 5.91. The molecule has 18 heavy (non-hydrogen) atoms. The summed E-state index contributed by atoms with van der Waals surface area (Å²) < 4.78 is 5.07. The van der Waals surface area contributed by atoms with E-state index in [1.54, 1.807) is 13.2 Å². The summed E-state index contributed by atoms with van der Waals surface area (Å²) in [7, 11) is 1.60. The number of methoxy groups -OCH3 is 1. The van der Waals surface area contributed by atoms with Crippen LogP contribution in [0.3, 0.4) is 0 Å². The summed E-state index contributed by atoms with van der Waals surface area (Å²) in [6.07, 6.45) is 3.31. The van der Waals surface area contributed by atoms with Crippen molar-refractivity contribution >= 4 is 29.7 Å². The van der Waals surface area contributed by atoms with Crippen LogP contribution in [0.1, 0.15) is 28.9 Å². The quantitative estimate of drug-likeness (QED) is 0.892. The van der Waals surface area contributed by atoms with E-state index < -0.39 is 0 Å². The van der Waals surface area contributed by atoms with Gasteiger partial charge in [0.05, 0.1) is 12.0 Å². The Labute approximate surface area is 117 Å². The van der Waals surface area contributed by atoms with E-state index in [9.17, 15) is 4.79 Å². The molecule has 3 N–H and O–H groups in total. The molecule has 0 spiro atoms. The van der Waals surface area contributed by atoms with Gasteiger partial charge in [0.25, 0.3) is 5.91 Å². The number of carbonyl (C=O) groups is 1. The second kappa shape index (κ2) is 6.97. The van der Waals surface area contributed by atoms with Gasteiger partial charge in [-0.3, -0.25) is 4.79 Å². The Morgan fingerprint density at radius 3 is 3.00 bits per heavy atom. The van der Waals surface area contributed by atoms with E-state index in [2.05, 4.69) is 5.32 Å². The second-order valence-electron chi connectivity index (χ2n) is 4.36. The molecule has 1 fully saturated rings. The summed E-state index contributed by atoms with van der Waals surface area (Å²) >= 11 is 1.41. The first-order chi connectivity index (χ1) is 8.24. The molecule has 1 aromatic heterocycles. The largest absolute Gasteiger partial charge is 0.496 e. The van der Waals surface area contributed by atoms with Crippen molar-refractivity contribution in [1.29, 1.82) is 0 Å². The van der Waals surface area contributed by atoms with Crippen molar-refractivity contribution in [2.45, 2.75) is 25.3 Å². The van der Waals surface area contributed by atoms with E-state index >= 15 is 0 Å². The Balaban J connectivity index is 0.00000162. The van der Waals surface area contributed by atoms with Crippen LogP contribution in [0.15, 0.2) is 11.4 Å². The second-order valence-corrected chi connectivity index (χ2v) is 5.27. The zero-order valence-corrected chi connectivity index (χ0v) is 12.0. The number of amides is 1. The third kappa shape index (κ3) is 3.37. The molecule has 1 aromatic rings. The van der Waals surface area contributed by atoms with E-state index in [4.69, 9.17) is 10.5 Å². The predicted molar refractivity (Wildman–Crippen MR) is 75.8 cm³/mol. The number of hydrogen-bond acceptors (Lipinski definition) is 4. The van der Waals surface area contributed by atoms with Gasteiger partial charge < -0.3 is 15.8 Å². The van der Waals surface area contributed by atoms with E-state index in [1.165, 1.54) is 11.3 Å². The van der Waals surface area contributed by atoms with Crippen molar-refractivity contribution in [3.05, 3.63) is 16.3 Å². The standard InChI is InChI=1S/C12H18N2O2S.ClH/c1-16-9-5-11(17-7-9)12(15)14-10-4-2-3-8(10)6-13;/h5,7-8,10H,2-4,6,13H2,1H3,(H,14,15);1H. The Morgan fingerprint density at radius 2 is 2.39 bits per heavy atom. The van der Waals surface area contributed by atoms with Gasteiger partial charge in [0, 0.05) is 17.5 Å². The molecule has 0 aliphatic heterocycles. The molecule has 102 valence electrons. The summed E-state index contributed by atoms with van der Waals surface area (Å²) in [5, 5.41) is 4.91. The smallest absolute Gasteiger partial charge is 0.261 e. The number of halogens is 1. The fourth-order valence-electron chi connectivity index (χ4n) is 2.29. The highest BCUT2D eigenvalue weighted by molar-refractivity contribution is 7.12. The highest BCUT2D eigenvalue weighted by Gasteiger charge is 2.27. The third-order valence-corrected chi connectivity index (χ3v) is 4.22. The molecule has 1 amide bonds. The normalized spacial score (nSPS) is 22.3. The maximum atomic E-state index is 12.0. The molecule has 6 heteroatoms. The molecule has 1 heterocycles. The minimum atomic E-state index is -0.0105. The molecule has 0 radical (unpaired) electrons. The number of thiophene rings is 1. The third-order valence-electron chi connectivity index (χ3n) is 3.31. The molecular weight excluding hydrogens is 272 g/mol. The molecule has 0 saturated heterocycles. The maximum Gasteiger partial charge on any atom is 0.261 e. The van der Waals surface area contributed by atoms with Crippen LogP contribution in [0.2, 0.25) is 0 Å². The summed E-state index contributed by atoms with van der Waals surface area (Å²) in [4.78, 5) is 12.7. The molecule has 0 bridgehead atoms. The molecule has 0 aromatic carbocycles. The maximum absolute atomic E-state index is 12.0. The fraction of sp³-hybridized carbons (Fsp3) is 0.583. The van der Waals surface area contributed by atoms with Gasteiger partial charge in [-0.15, -0.1) is 23.7 Å². The average Bonchev–Trinajstić information content (AvgIpc) is 2.96. The van der Waals surface area contributed by atoms with Crippen LogP contribution < -0.4 is 15.8 Å². The average molecular weight is 291 g/mol. The lowest BCUT2D eigenvalue weighted by atomic mass is 10.0. The number of nitrogens with two attached hydrogens (primary N) is 1. The SMILES string of the molecule is COc1csc(C(=O)NC2CCCC2CN)c1.Cl. The van der Waals surface area contributed by atoms with Crippen LogP contribution in [-0.2, 0) is 0 Å². The van der Waals surface area contributed by atoms with Crippen molar-refractivity contribution in [3.8, 4) is 5.75 Å². The van der Waals surface area contributed by atoms with Gasteiger partial charge in [-0.25, -0.2) is 0 Å². The minimum absolute atomic E-state index is 0. The first-order valence-electron chi connectivity index (χ1n) is 5.88. The topological polar surface area (TPSA) is 64.3 Å². The van der Waals surface area contributed by atoms with Crippen LogP contribution in [0.5, 0.6) is 5.75 Å². The highest BCUT2D eigenvalue weighted by atomic mass is 35.5. The van der Waals surface area contributed by atoms with Crippen LogP contribution in [0, 0.1) is 5.92 Å². The molecular formula is C12H19ClN2O2S. The van der Waals surface area contributed by atoms with E-state index in [0.29, 0.717) is 17.3 Å². The van der Waals surface area contributed by atoms with Gasteiger partial charge in [-0.1, -0.05) is 6.42 Å². The number of carbonyl (C=O) groups excluding carboxylic acids is 1. The van der Waals surface area contributed by atoms with Crippen molar-refractivity contribution in [3.63, 3.8) is 0 Å². The Hall–Kier alpha value is -0.780. The molecule has 4 nitrogen and oxygen atoms in total. The van der Waals surface area contributed by atoms with Crippen LogP contribution in [0.4, 0.5) is 0 Å². The number of rotatable bonds is 4. The lowest BCUT2D eigenvalue weighted by Gasteiger charge is -2.18.